The number of imidazole rings is 1. The third kappa shape index (κ3) is 4.42. The predicted molar refractivity (Wildman–Crippen MR) is 115 cm³/mol. The Kier molecular flexibility index (Phi) is 5.66. The van der Waals surface area contributed by atoms with Gasteiger partial charge in [-0.15, -0.1) is 0 Å². The van der Waals surface area contributed by atoms with E-state index in [0.29, 0.717) is 29.5 Å². The second-order valence-corrected chi connectivity index (χ2v) is 8.27. The van der Waals surface area contributed by atoms with Crippen molar-refractivity contribution in [3.63, 3.8) is 0 Å². The molecule has 0 amide bonds. The molecule has 4 N–H and O–H groups in total. The molecule has 1 aromatic carbocycles. The van der Waals surface area contributed by atoms with Crippen LogP contribution >= 0.6 is 0 Å². The van der Waals surface area contributed by atoms with Gasteiger partial charge in [-0.05, 0) is 47.1 Å². The van der Waals surface area contributed by atoms with Gasteiger partial charge in [0, 0.05) is 18.2 Å². The van der Waals surface area contributed by atoms with Gasteiger partial charge in [-0.1, -0.05) is 18.2 Å². The SMILES string of the molecule is Cc1cccc(CNc2nc(NC(C)C(C)(C)O)nc3c2ncn3C(C)C)c1O. The van der Waals surface area contributed by atoms with Crippen molar-refractivity contribution in [3.05, 3.63) is 35.7 Å². The van der Waals surface area contributed by atoms with E-state index in [9.17, 15) is 10.2 Å². The summed E-state index contributed by atoms with van der Waals surface area (Å²) in [4.78, 5) is 13.7. The third-order valence-corrected chi connectivity index (χ3v) is 5.15. The third-order valence-electron chi connectivity index (χ3n) is 5.15. The van der Waals surface area contributed by atoms with E-state index in [1.165, 1.54) is 0 Å². The molecule has 0 aliphatic heterocycles. The number of hydrogen-bond acceptors (Lipinski definition) is 7. The Bertz CT molecular complexity index is 1010. The largest absolute Gasteiger partial charge is 0.507 e. The van der Waals surface area contributed by atoms with Gasteiger partial charge in [-0.3, -0.25) is 0 Å². The van der Waals surface area contributed by atoms with E-state index in [1.807, 2.05) is 36.6 Å². The number of hydrogen-bond donors (Lipinski definition) is 4. The molecule has 1 atom stereocenters. The van der Waals surface area contributed by atoms with Gasteiger partial charge in [-0.2, -0.15) is 9.97 Å². The number of aliphatic hydroxyl groups is 1. The van der Waals surface area contributed by atoms with Gasteiger partial charge in [0.2, 0.25) is 5.95 Å². The highest BCUT2D eigenvalue weighted by Crippen LogP contribution is 2.27. The molecular weight excluding hydrogens is 368 g/mol. The zero-order valence-electron chi connectivity index (χ0n) is 17.9. The van der Waals surface area contributed by atoms with Gasteiger partial charge in [0.05, 0.1) is 18.0 Å². The van der Waals surface area contributed by atoms with E-state index in [4.69, 9.17) is 0 Å². The molecule has 0 fully saturated rings. The molecular formula is C21H30N6O2. The summed E-state index contributed by atoms with van der Waals surface area (Å²) in [6.07, 6.45) is 1.75. The molecule has 0 spiro atoms. The zero-order chi connectivity index (χ0) is 21.3. The van der Waals surface area contributed by atoms with Crippen molar-refractivity contribution in [1.82, 2.24) is 19.5 Å². The predicted octanol–water partition coefficient (Wildman–Crippen LogP) is 3.60. The maximum absolute atomic E-state index is 10.3. The molecule has 0 saturated carbocycles. The average molecular weight is 399 g/mol. The van der Waals surface area contributed by atoms with Crippen LogP contribution < -0.4 is 10.6 Å². The minimum absolute atomic E-state index is 0.183. The molecule has 2 aromatic heterocycles. The average Bonchev–Trinajstić information content (AvgIpc) is 3.06. The topological polar surface area (TPSA) is 108 Å². The van der Waals surface area contributed by atoms with E-state index in [2.05, 4.69) is 39.4 Å². The number of aromatic hydroxyl groups is 1. The Morgan fingerprint density at radius 1 is 1.17 bits per heavy atom. The summed E-state index contributed by atoms with van der Waals surface area (Å²) in [6, 6.07) is 5.57. The molecule has 29 heavy (non-hydrogen) atoms. The van der Waals surface area contributed by atoms with Gasteiger partial charge in [0.15, 0.2) is 17.0 Å². The van der Waals surface area contributed by atoms with Crippen LogP contribution in [0.3, 0.4) is 0 Å². The Morgan fingerprint density at radius 2 is 1.90 bits per heavy atom. The number of phenols is 1. The number of phenolic OH excluding ortho intramolecular Hbond substituents is 1. The lowest BCUT2D eigenvalue weighted by molar-refractivity contribution is 0.0646. The molecule has 3 aromatic rings. The van der Waals surface area contributed by atoms with Crippen LogP contribution in [0.1, 0.15) is 51.8 Å². The van der Waals surface area contributed by atoms with E-state index in [-0.39, 0.29) is 17.8 Å². The van der Waals surface area contributed by atoms with E-state index in [0.717, 1.165) is 11.1 Å². The first-order valence-corrected chi connectivity index (χ1v) is 9.82. The van der Waals surface area contributed by atoms with Gasteiger partial charge >= 0.3 is 0 Å². The summed E-state index contributed by atoms with van der Waals surface area (Å²) in [5, 5.41) is 27.0. The number of aromatic nitrogens is 4. The van der Waals surface area contributed by atoms with Crippen LogP contribution in [-0.4, -0.2) is 41.4 Å². The van der Waals surface area contributed by atoms with Gasteiger partial charge in [0.1, 0.15) is 5.75 Å². The zero-order valence-corrected chi connectivity index (χ0v) is 17.9. The van der Waals surface area contributed by atoms with Crippen LogP contribution in [0.2, 0.25) is 0 Å². The molecule has 3 rings (SSSR count). The van der Waals surface area contributed by atoms with E-state index >= 15 is 0 Å². The van der Waals surface area contributed by atoms with Crippen molar-refractivity contribution in [2.45, 2.75) is 65.8 Å². The van der Waals surface area contributed by atoms with Gasteiger partial charge < -0.3 is 25.4 Å². The molecule has 8 heteroatoms. The number of rotatable bonds is 7. The molecule has 0 saturated heterocycles. The molecule has 0 aliphatic carbocycles. The Hall–Kier alpha value is -2.87. The monoisotopic (exact) mass is 398 g/mol. The van der Waals surface area contributed by atoms with Crippen LogP contribution in [0, 0.1) is 6.92 Å². The lowest BCUT2D eigenvalue weighted by Crippen LogP contribution is -2.39. The number of para-hydroxylation sites is 1. The number of benzene rings is 1. The maximum atomic E-state index is 10.3. The number of aryl methyl sites for hydroxylation is 1. The van der Waals surface area contributed by atoms with Crippen molar-refractivity contribution in [2.75, 3.05) is 10.6 Å². The van der Waals surface area contributed by atoms with Crippen molar-refractivity contribution >= 4 is 22.9 Å². The summed E-state index contributed by atoms with van der Waals surface area (Å²) in [7, 11) is 0. The van der Waals surface area contributed by atoms with Gasteiger partial charge in [0.25, 0.3) is 0 Å². The van der Waals surface area contributed by atoms with Crippen LogP contribution in [0.5, 0.6) is 5.75 Å². The smallest absolute Gasteiger partial charge is 0.227 e. The first-order valence-electron chi connectivity index (χ1n) is 9.82. The fourth-order valence-electron chi connectivity index (χ4n) is 2.89. The van der Waals surface area contributed by atoms with Crippen LogP contribution in [0.15, 0.2) is 24.5 Å². The fourth-order valence-corrected chi connectivity index (χ4v) is 2.89. The Morgan fingerprint density at radius 3 is 2.55 bits per heavy atom. The van der Waals surface area contributed by atoms with Crippen molar-refractivity contribution < 1.29 is 10.2 Å². The molecule has 0 radical (unpaired) electrons. The second kappa shape index (κ2) is 7.87. The Labute approximate surface area is 171 Å². The molecule has 156 valence electrons. The maximum Gasteiger partial charge on any atom is 0.227 e. The molecule has 1 unspecified atom stereocenters. The summed E-state index contributed by atoms with van der Waals surface area (Å²) >= 11 is 0. The lowest BCUT2D eigenvalue weighted by Gasteiger charge is -2.26. The number of nitrogens with one attached hydrogen (secondary N) is 2. The molecule has 0 bridgehead atoms. The number of nitrogens with zero attached hydrogens (tertiary/aromatic N) is 4. The minimum atomic E-state index is -0.933. The first-order chi connectivity index (χ1) is 13.6. The highest BCUT2D eigenvalue weighted by molar-refractivity contribution is 5.84. The molecule has 8 nitrogen and oxygen atoms in total. The van der Waals surface area contributed by atoms with Crippen LogP contribution in [0.4, 0.5) is 11.8 Å². The van der Waals surface area contributed by atoms with Crippen molar-refractivity contribution in [1.29, 1.82) is 0 Å². The van der Waals surface area contributed by atoms with E-state index < -0.39 is 5.60 Å². The standard InChI is InChI=1S/C21H30N6O2/c1-12(2)27-11-23-16-18(22-10-15-9-7-8-13(3)17(15)28)25-20(26-19(16)27)24-14(4)21(5,6)29/h7-9,11-12,14,28-29H,10H2,1-6H3,(H2,22,24,25,26). The fraction of sp³-hybridized carbons (Fsp3) is 0.476. The summed E-state index contributed by atoms with van der Waals surface area (Å²) in [5.41, 5.74) is 2.03. The molecule has 2 heterocycles. The van der Waals surface area contributed by atoms with Crippen molar-refractivity contribution in [3.8, 4) is 5.75 Å². The molecule has 0 aliphatic rings. The minimum Gasteiger partial charge on any atom is -0.507 e. The first kappa shape index (κ1) is 20.9. The van der Waals surface area contributed by atoms with Crippen LogP contribution in [0.25, 0.3) is 11.2 Å². The summed E-state index contributed by atoms with van der Waals surface area (Å²) in [6.45, 7) is 11.7. The highest BCUT2D eigenvalue weighted by atomic mass is 16.3. The number of fused-ring (bicyclic) bond motifs is 1. The summed E-state index contributed by atoms with van der Waals surface area (Å²) in [5.74, 6) is 1.25. The summed E-state index contributed by atoms with van der Waals surface area (Å²) < 4.78 is 1.98. The van der Waals surface area contributed by atoms with Crippen LogP contribution in [-0.2, 0) is 6.54 Å². The van der Waals surface area contributed by atoms with Gasteiger partial charge in [-0.25, -0.2) is 4.98 Å². The Balaban J connectivity index is 1.99. The number of anilines is 2. The highest BCUT2D eigenvalue weighted by Gasteiger charge is 2.24. The normalized spacial score (nSPS) is 13.1. The lowest BCUT2D eigenvalue weighted by atomic mass is 10.0. The second-order valence-electron chi connectivity index (χ2n) is 8.27. The van der Waals surface area contributed by atoms with E-state index in [1.54, 1.807) is 20.2 Å². The van der Waals surface area contributed by atoms with Crippen molar-refractivity contribution in [2.24, 2.45) is 0 Å². The quantitative estimate of drug-likeness (QED) is 0.481.